The second kappa shape index (κ2) is 7.68. The van der Waals surface area contributed by atoms with Crippen molar-refractivity contribution in [3.05, 3.63) is 41.2 Å². The molecule has 0 spiro atoms. The fourth-order valence-electron chi connectivity index (χ4n) is 2.58. The van der Waals surface area contributed by atoms with Gasteiger partial charge >= 0.3 is 0 Å². The molecule has 0 fully saturated rings. The largest absolute Gasteiger partial charge is 0.497 e. The Kier molecular flexibility index (Phi) is 5.85. The topological polar surface area (TPSA) is 79.4 Å². The van der Waals surface area contributed by atoms with Gasteiger partial charge in [0.15, 0.2) is 0 Å². The van der Waals surface area contributed by atoms with Gasteiger partial charge < -0.3 is 19.9 Å². The number of methoxy groups -OCH3 is 2. The van der Waals surface area contributed by atoms with Gasteiger partial charge in [-0.05, 0) is 17.7 Å². The second-order valence-corrected chi connectivity index (χ2v) is 6.81. The summed E-state index contributed by atoms with van der Waals surface area (Å²) in [6.45, 7) is 7.48. The van der Waals surface area contributed by atoms with Crippen molar-refractivity contribution in [2.75, 3.05) is 20.8 Å². The summed E-state index contributed by atoms with van der Waals surface area (Å²) in [7, 11) is 3.19. The first-order chi connectivity index (χ1) is 11.3. The van der Waals surface area contributed by atoms with E-state index in [0.29, 0.717) is 24.6 Å². The molecule has 6 nitrogen and oxygen atoms in total. The Hall–Kier alpha value is -2.05. The molecule has 2 rings (SSSR count). The SMILES string of the molecule is COc1cc(OC)cc(C(O)CNCc2cn[nH]c2C(C)(C)C)c1. The van der Waals surface area contributed by atoms with Crippen molar-refractivity contribution in [1.29, 1.82) is 0 Å². The number of benzene rings is 1. The quantitative estimate of drug-likeness (QED) is 0.726. The lowest BCUT2D eigenvalue weighted by Gasteiger charge is -2.19. The van der Waals surface area contributed by atoms with Crippen LogP contribution in [0.1, 0.15) is 43.7 Å². The van der Waals surface area contributed by atoms with Gasteiger partial charge in [-0.3, -0.25) is 5.10 Å². The van der Waals surface area contributed by atoms with Crippen LogP contribution in [0.4, 0.5) is 0 Å². The predicted molar refractivity (Wildman–Crippen MR) is 93.5 cm³/mol. The summed E-state index contributed by atoms with van der Waals surface area (Å²) >= 11 is 0. The van der Waals surface area contributed by atoms with Crippen molar-refractivity contribution < 1.29 is 14.6 Å². The van der Waals surface area contributed by atoms with E-state index in [0.717, 1.165) is 16.8 Å². The van der Waals surface area contributed by atoms with Gasteiger partial charge in [0, 0.05) is 35.8 Å². The molecule has 24 heavy (non-hydrogen) atoms. The summed E-state index contributed by atoms with van der Waals surface area (Å²) in [6, 6.07) is 5.41. The van der Waals surface area contributed by atoms with Gasteiger partial charge in [-0.1, -0.05) is 20.8 Å². The van der Waals surface area contributed by atoms with Crippen LogP contribution in [0.2, 0.25) is 0 Å². The van der Waals surface area contributed by atoms with Gasteiger partial charge in [0.25, 0.3) is 0 Å². The van der Waals surface area contributed by atoms with E-state index >= 15 is 0 Å². The van der Waals surface area contributed by atoms with Crippen LogP contribution < -0.4 is 14.8 Å². The molecule has 0 saturated carbocycles. The molecule has 0 amide bonds. The van der Waals surface area contributed by atoms with Gasteiger partial charge in [-0.25, -0.2) is 0 Å². The lowest BCUT2D eigenvalue weighted by atomic mass is 9.89. The second-order valence-electron chi connectivity index (χ2n) is 6.81. The molecule has 1 atom stereocenters. The van der Waals surface area contributed by atoms with Gasteiger partial charge in [-0.15, -0.1) is 0 Å². The molecule has 2 aromatic rings. The summed E-state index contributed by atoms with van der Waals surface area (Å²) < 4.78 is 10.5. The number of aromatic nitrogens is 2. The number of aliphatic hydroxyl groups is 1. The van der Waals surface area contributed by atoms with Gasteiger partial charge in [-0.2, -0.15) is 5.10 Å². The average molecular weight is 333 g/mol. The first-order valence-electron chi connectivity index (χ1n) is 7.99. The molecule has 6 heteroatoms. The Morgan fingerprint density at radius 1 is 1.17 bits per heavy atom. The van der Waals surface area contributed by atoms with Crippen LogP contribution >= 0.6 is 0 Å². The highest BCUT2D eigenvalue weighted by atomic mass is 16.5. The Bertz CT molecular complexity index is 640. The highest BCUT2D eigenvalue weighted by Gasteiger charge is 2.20. The minimum Gasteiger partial charge on any atom is -0.497 e. The van der Waals surface area contributed by atoms with Gasteiger partial charge in [0.2, 0.25) is 0 Å². The van der Waals surface area contributed by atoms with E-state index in [9.17, 15) is 5.11 Å². The van der Waals surface area contributed by atoms with Crippen LogP contribution in [0.15, 0.2) is 24.4 Å². The van der Waals surface area contributed by atoms with Crippen molar-refractivity contribution in [2.24, 2.45) is 0 Å². The highest BCUT2D eigenvalue weighted by Crippen LogP contribution is 2.26. The number of aliphatic hydroxyl groups excluding tert-OH is 1. The van der Waals surface area contributed by atoms with Crippen LogP contribution in [0.25, 0.3) is 0 Å². The number of nitrogens with zero attached hydrogens (tertiary/aromatic N) is 1. The normalized spacial score (nSPS) is 12.9. The van der Waals surface area contributed by atoms with E-state index in [-0.39, 0.29) is 5.41 Å². The third kappa shape index (κ3) is 4.49. The lowest BCUT2D eigenvalue weighted by molar-refractivity contribution is 0.173. The van der Waals surface area contributed by atoms with Gasteiger partial charge in [0.1, 0.15) is 11.5 Å². The predicted octanol–water partition coefficient (Wildman–Crippen LogP) is 2.55. The zero-order valence-electron chi connectivity index (χ0n) is 15.0. The molecule has 1 unspecified atom stereocenters. The Labute approximate surface area is 143 Å². The molecule has 0 bridgehead atoms. The monoisotopic (exact) mass is 333 g/mol. The van der Waals surface area contributed by atoms with Crippen LogP contribution in [-0.2, 0) is 12.0 Å². The summed E-state index contributed by atoms with van der Waals surface area (Å²) in [4.78, 5) is 0. The van der Waals surface area contributed by atoms with Crippen molar-refractivity contribution in [2.45, 2.75) is 38.8 Å². The summed E-state index contributed by atoms with van der Waals surface area (Å²) in [6.07, 6.45) is 1.17. The fraction of sp³-hybridized carbons (Fsp3) is 0.500. The van der Waals surface area contributed by atoms with E-state index in [2.05, 4.69) is 36.3 Å². The van der Waals surface area contributed by atoms with Crippen molar-refractivity contribution in [1.82, 2.24) is 15.5 Å². The van der Waals surface area contributed by atoms with E-state index in [1.807, 2.05) is 18.3 Å². The molecule has 132 valence electrons. The molecule has 3 N–H and O–H groups in total. The summed E-state index contributed by atoms with van der Waals surface area (Å²) in [5.41, 5.74) is 2.97. The number of nitrogens with one attached hydrogen (secondary N) is 2. The number of hydrogen-bond acceptors (Lipinski definition) is 5. The Balaban J connectivity index is 1.99. The fourth-order valence-corrected chi connectivity index (χ4v) is 2.58. The van der Waals surface area contributed by atoms with E-state index in [4.69, 9.17) is 9.47 Å². The highest BCUT2D eigenvalue weighted by molar-refractivity contribution is 5.39. The van der Waals surface area contributed by atoms with E-state index in [1.54, 1.807) is 20.3 Å². The maximum absolute atomic E-state index is 10.4. The number of aromatic amines is 1. The molecule has 0 radical (unpaired) electrons. The van der Waals surface area contributed by atoms with Crippen LogP contribution in [0.5, 0.6) is 11.5 Å². The molecule has 0 aliphatic carbocycles. The summed E-state index contributed by atoms with van der Waals surface area (Å²) in [5, 5.41) is 20.9. The lowest BCUT2D eigenvalue weighted by Crippen LogP contribution is -2.23. The van der Waals surface area contributed by atoms with Crippen molar-refractivity contribution in [3.63, 3.8) is 0 Å². The number of rotatable bonds is 7. The minimum atomic E-state index is -0.654. The average Bonchev–Trinajstić information content (AvgIpc) is 3.03. The molecule has 1 heterocycles. The number of ether oxygens (including phenoxy) is 2. The molecule has 1 aromatic carbocycles. The number of hydrogen-bond donors (Lipinski definition) is 3. The van der Waals surface area contributed by atoms with Crippen molar-refractivity contribution in [3.8, 4) is 11.5 Å². The minimum absolute atomic E-state index is 0.00624. The molecule has 0 aliphatic rings. The molecule has 0 saturated heterocycles. The van der Waals surface area contributed by atoms with Crippen LogP contribution in [0.3, 0.4) is 0 Å². The Morgan fingerprint density at radius 3 is 2.33 bits per heavy atom. The molecule has 0 aliphatic heterocycles. The first-order valence-corrected chi connectivity index (χ1v) is 7.99. The summed E-state index contributed by atoms with van der Waals surface area (Å²) in [5.74, 6) is 1.32. The van der Waals surface area contributed by atoms with Crippen molar-refractivity contribution >= 4 is 0 Å². The third-order valence-corrected chi connectivity index (χ3v) is 3.88. The van der Waals surface area contributed by atoms with Crippen LogP contribution in [0, 0.1) is 0 Å². The zero-order chi connectivity index (χ0) is 17.7. The molecule has 1 aromatic heterocycles. The van der Waals surface area contributed by atoms with Gasteiger partial charge in [0.05, 0.1) is 26.5 Å². The standard InChI is InChI=1S/C18H27N3O3/c1-18(2,3)17-13(10-20-21-17)9-19-11-16(22)12-6-14(23-4)8-15(7-12)24-5/h6-8,10,16,19,22H,9,11H2,1-5H3,(H,20,21). The maximum Gasteiger partial charge on any atom is 0.122 e. The third-order valence-electron chi connectivity index (χ3n) is 3.88. The van der Waals surface area contributed by atoms with E-state index < -0.39 is 6.10 Å². The molecular formula is C18H27N3O3. The molecular weight excluding hydrogens is 306 g/mol. The maximum atomic E-state index is 10.4. The Morgan fingerprint density at radius 2 is 1.79 bits per heavy atom. The zero-order valence-corrected chi connectivity index (χ0v) is 15.0. The van der Waals surface area contributed by atoms with E-state index in [1.165, 1.54) is 0 Å². The number of H-pyrrole nitrogens is 1. The first kappa shape index (κ1) is 18.3. The smallest absolute Gasteiger partial charge is 0.122 e. The van der Waals surface area contributed by atoms with Crippen LogP contribution in [-0.4, -0.2) is 36.1 Å².